The van der Waals surface area contributed by atoms with Gasteiger partial charge in [-0.25, -0.2) is 0 Å². The number of amides is 1. The summed E-state index contributed by atoms with van der Waals surface area (Å²) in [6.07, 6.45) is 0. The molecule has 106 valence electrons. The first-order valence-electron chi connectivity index (χ1n) is 6.24. The van der Waals surface area contributed by atoms with Crippen molar-refractivity contribution in [2.45, 2.75) is 27.3 Å². The number of hydrogen-bond donors (Lipinski definition) is 2. The molecular formula is C14H17ClN4O. The van der Waals surface area contributed by atoms with E-state index in [1.165, 1.54) is 0 Å². The summed E-state index contributed by atoms with van der Waals surface area (Å²) in [6.45, 7) is 6.04. The zero-order valence-electron chi connectivity index (χ0n) is 11.7. The second-order valence-electron chi connectivity index (χ2n) is 4.74. The van der Waals surface area contributed by atoms with Crippen LogP contribution in [-0.2, 0) is 11.3 Å². The fourth-order valence-electron chi connectivity index (χ4n) is 1.90. The van der Waals surface area contributed by atoms with Gasteiger partial charge in [0.25, 0.3) is 0 Å². The number of benzene rings is 1. The third-order valence-electron chi connectivity index (χ3n) is 3.32. The summed E-state index contributed by atoms with van der Waals surface area (Å²) in [5, 5.41) is 7.58. The summed E-state index contributed by atoms with van der Waals surface area (Å²) in [5.74, 6) is -0.155. The molecule has 1 amide bonds. The van der Waals surface area contributed by atoms with Crippen LogP contribution in [0.2, 0.25) is 5.02 Å². The molecule has 0 aliphatic rings. The molecule has 0 unspecified atom stereocenters. The van der Waals surface area contributed by atoms with Gasteiger partial charge in [0, 0.05) is 11.4 Å². The molecule has 0 saturated carbocycles. The number of hydrogen-bond acceptors (Lipinski definition) is 3. The number of carbonyl (C=O) groups excluding carboxylic acids is 1. The van der Waals surface area contributed by atoms with Gasteiger partial charge in [-0.1, -0.05) is 11.6 Å². The lowest BCUT2D eigenvalue weighted by atomic mass is 10.2. The van der Waals surface area contributed by atoms with Gasteiger partial charge in [0.15, 0.2) is 0 Å². The summed E-state index contributed by atoms with van der Waals surface area (Å²) in [5.41, 5.74) is 9.79. The van der Waals surface area contributed by atoms with Crippen LogP contribution in [-0.4, -0.2) is 15.7 Å². The minimum absolute atomic E-state index is 0.155. The number of aryl methyl sites for hydroxylation is 1. The Labute approximate surface area is 122 Å². The Bertz CT molecular complexity index is 663. The quantitative estimate of drug-likeness (QED) is 0.854. The molecular weight excluding hydrogens is 276 g/mol. The van der Waals surface area contributed by atoms with Crippen LogP contribution in [0.25, 0.3) is 0 Å². The number of rotatable bonds is 3. The number of anilines is 2. The zero-order valence-corrected chi connectivity index (χ0v) is 12.5. The predicted octanol–water partition coefficient (Wildman–Crippen LogP) is 2.68. The lowest BCUT2D eigenvalue weighted by molar-refractivity contribution is -0.116. The summed E-state index contributed by atoms with van der Waals surface area (Å²) >= 11 is 5.84. The molecule has 1 heterocycles. The highest BCUT2D eigenvalue weighted by Crippen LogP contribution is 2.22. The molecule has 0 atom stereocenters. The highest BCUT2D eigenvalue weighted by molar-refractivity contribution is 6.33. The van der Waals surface area contributed by atoms with E-state index in [2.05, 4.69) is 10.4 Å². The normalized spacial score (nSPS) is 10.6. The second-order valence-corrected chi connectivity index (χ2v) is 5.15. The van der Waals surface area contributed by atoms with Crippen LogP contribution < -0.4 is 11.1 Å². The first-order chi connectivity index (χ1) is 9.38. The van der Waals surface area contributed by atoms with Gasteiger partial charge in [0.2, 0.25) is 5.91 Å². The van der Waals surface area contributed by atoms with Crippen LogP contribution in [0.1, 0.15) is 17.0 Å². The predicted molar refractivity (Wildman–Crippen MR) is 80.9 cm³/mol. The van der Waals surface area contributed by atoms with E-state index in [0.29, 0.717) is 16.4 Å². The van der Waals surface area contributed by atoms with E-state index in [1.54, 1.807) is 22.9 Å². The number of carbonyl (C=O) groups is 1. The van der Waals surface area contributed by atoms with Crippen molar-refractivity contribution >= 4 is 28.9 Å². The number of nitrogens with zero attached hydrogens (tertiary/aromatic N) is 2. The van der Waals surface area contributed by atoms with Crippen LogP contribution >= 0.6 is 11.6 Å². The van der Waals surface area contributed by atoms with Crippen molar-refractivity contribution in [2.75, 3.05) is 11.1 Å². The second kappa shape index (κ2) is 5.54. The molecule has 0 radical (unpaired) electrons. The van der Waals surface area contributed by atoms with Crippen LogP contribution in [0.5, 0.6) is 0 Å². The molecule has 0 fully saturated rings. The van der Waals surface area contributed by atoms with E-state index < -0.39 is 0 Å². The Balaban J connectivity index is 2.09. The molecule has 2 rings (SSSR count). The Morgan fingerprint density at radius 3 is 2.65 bits per heavy atom. The van der Waals surface area contributed by atoms with Crippen LogP contribution in [0.3, 0.4) is 0 Å². The zero-order chi connectivity index (χ0) is 14.9. The monoisotopic (exact) mass is 292 g/mol. The maximum Gasteiger partial charge on any atom is 0.246 e. The van der Waals surface area contributed by atoms with Gasteiger partial charge in [0.05, 0.1) is 16.4 Å². The van der Waals surface area contributed by atoms with Crippen molar-refractivity contribution in [3.63, 3.8) is 0 Å². The summed E-state index contributed by atoms with van der Waals surface area (Å²) < 4.78 is 1.69. The number of halogens is 1. The van der Waals surface area contributed by atoms with E-state index in [0.717, 1.165) is 17.0 Å². The summed E-state index contributed by atoms with van der Waals surface area (Å²) in [6, 6.07) is 5.00. The smallest absolute Gasteiger partial charge is 0.246 e. The molecule has 2 aromatic rings. The standard InChI is InChI=1S/C14H17ClN4O/c1-8-9(2)18-19(10(8)3)7-14(20)17-11-4-5-12(15)13(16)6-11/h4-6H,7,16H2,1-3H3,(H,17,20). The summed E-state index contributed by atoms with van der Waals surface area (Å²) in [4.78, 5) is 12.0. The van der Waals surface area contributed by atoms with E-state index in [-0.39, 0.29) is 12.5 Å². The highest BCUT2D eigenvalue weighted by Gasteiger charge is 2.11. The third-order valence-corrected chi connectivity index (χ3v) is 3.66. The third kappa shape index (κ3) is 2.93. The molecule has 1 aromatic heterocycles. The molecule has 0 aliphatic heterocycles. The van der Waals surface area contributed by atoms with Gasteiger partial charge >= 0.3 is 0 Å². The maximum absolute atomic E-state index is 12.0. The van der Waals surface area contributed by atoms with Gasteiger partial charge in [-0.2, -0.15) is 5.10 Å². The van der Waals surface area contributed by atoms with Gasteiger partial charge in [-0.05, 0) is 44.5 Å². The molecule has 0 aliphatic carbocycles. The fraction of sp³-hybridized carbons (Fsp3) is 0.286. The van der Waals surface area contributed by atoms with Crippen molar-refractivity contribution in [1.82, 2.24) is 9.78 Å². The Hall–Kier alpha value is -2.01. The average molecular weight is 293 g/mol. The fourth-order valence-corrected chi connectivity index (χ4v) is 2.02. The average Bonchev–Trinajstić information content (AvgIpc) is 2.61. The number of nitrogens with one attached hydrogen (secondary N) is 1. The van der Waals surface area contributed by atoms with Crippen LogP contribution in [0, 0.1) is 20.8 Å². The Kier molecular flexibility index (Phi) is 3.99. The number of nitrogens with two attached hydrogens (primary N) is 1. The van der Waals surface area contributed by atoms with Crippen LogP contribution in [0.15, 0.2) is 18.2 Å². The van der Waals surface area contributed by atoms with E-state index in [1.807, 2.05) is 20.8 Å². The lowest BCUT2D eigenvalue weighted by Gasteiger charge is -2.08. The van der Waals surface area contributed by atoms with E-state index >= 15 is 0 Å². The SMILES string of the molecule is Cc1nn(CC(=O)Nc2ccc(Cl)c(N)c2)c(C)c1C. The maximum atomic E-state index is 12.0. The highest BCUT2D eigenvalue weighted by atomic mass is 35.5. The first-order valence-corrected chi connectivity index (χ1v) is 6.61. The van der Waals surface area contributed by atoms with Crippen molar-refractivity contribution in [3.05, 3.63) is 40.2 Å². The summed E-state index contributed by atoms with van der Waals surface area (Å²) in [7, 11) is 0. The number of aromatic nitrogens is 2. The van der Waals surface area contributed by atoms with Crippen molar-refractivity contribution in [3.8, 4) is 0 Å². The Morgan fingerprint density at radius 2 is 2.10 bits per heavy atom. The van der Waals surface area contributed by atoms with Gasteiger partial charge in [-0.3, -0.25) is 9.48 Å². The lowest BCUT2D eigenvalue weighted by Crippen LogP contribution is -2.20. The van der Waals surface area contributed by atoms with Crippen molar-refractivity contribution in [1.29, 1.82) is 0 Å². The number of nitrogen functional groups attached to an aromatic ring is 1. The van der Waals surface area contributed by atoms with E-state index in [9.17, 15) is 4.79 Å². The van der Waals surface area contributed by atoms with Gasteiger partial charge in [0.1, 0.15) is 6.54 Å². The van der Waals surface area contributed by atoms with Crippen LogP contribution in [0.4, 0.5) is 11.4 Å². The molecule has 0 bridgehead atoms. The van der Waals surface area contributed by atoms with Gasteiger partial charge in [-0.15, -0.1) is 0 Å². The minimum Gasteiger partial charge on any atom is -0.397 e. The first kappa shape index (κ1) is 14.4. The molecule has 20 heavy (non-hydrogen) atoms. The molecule has 6 heteroatoms. The molecule has 3 N–H and O–H groups in total. The molecule has 0 saturated heterocycles. The van der Waals surface area contributed by atoms with Crippen molar-refractivity contribution < 1.29 is 4.79 Å². The Morgan fingerprint density at radius 1 is 1.40 bits per heavy atom. The van der Waals surface area contributed by atoms with Crippen molar-refractivity contribution in [2.24, 2.45) is 0 Å². The molecule has 0 spiro atoms. The molecule has 5 nitrogen and oxygen atoms in total. The topological polar surface area (TPSA) is 72.9 Å². The van der Waals surface area contributed by atoms with Gasteiger partial charge < -0.3 is 11.1 Å². The largest absolute Gasteiger partial charge is 0.397 e. The molecule has 1 aromatic carbocycles. The minimum atomic E-state index is -0.155. The van der Waals surface area contributed by atoms with E-state index in [4.69, 9.17) is 17.3 Å².